The minimum atomic E-state index is -0.0760. The van der Waals surface area contributed by atoms with Crippen molar-refractivity contribution in [3.63, 3.8) is 0 Å². The number of carbonyl (C=O) groups is 1. The highest BCUT2D eigenvalue weighted by Crippen LogP contribution is 2.34. The number of thiazole rings is 1. The van der Waals surface area contributed by atoms with Crippen molar-refractivity contribution in [1.82, 2.24) is 4.98 Å². The third kappa shape index (κ3) is 3.86. The highest BCUT2D eigenvalue weighted by atomic mass is 32.1. The number of benzene rings is 2. The molecule has 2 aromatic carbocycles. The number of hydrogen-bond donors (Lipinski definition) is 1. The van der Waals surface area contributed by atoms with Crippen molar-refractivity contribution in [2.45, 2.75) is 33.1 Å². The first-order valence-corrected chi connectivity index (χ1v) is 11.0. The van der Waals surface area contributed by atoms with Gasteiger partial charge in [-0.2, -0.15) is 0 Å². The molecule has 0 bridgehead atoms. The van der Waals surface area contributed by atoms with Crippen LogP contribution in [0.4, 0.5) is 5.13 Å². The fraction of sp³-hybridized carbons (Fsp3) is 0.217. The van der Waals surface area contributed by atoms with Gasteiger partial charge in [-0.05, 0) is 41.8 Å². The van der Waals surface area contributed by atoms with Crippen LogP contribution in [0, 0.1) is 6.92 Å². The molecule has 4 rings (SSSR count). The third-order valence-electron chi connectivity index (χ3n) is 4.74. The lowest BCUT2D eigenvalue weighted by Crippen LogP contribution is -2.12. The number of carbonyl (C=O) groups excluding carboxylic acids is 1. The summed E-state index contributed by atoms with van der Waals surface area (Å²) in [4.78, 5) is 18.4. The van der Waals surface area contributed by atoms with E-state index in [1.165, 1.54) is 22.5 Å². The monoisotopic (exact) mass is 406 g/mol. The molecule has 3 nitrogen and oxygen atoms in total. The molecule has 0 saturated carbocycles. The van der Waals surface area contributed by atoms with Gasteiger partial charge in [-0.1, -0.05) is 61.9 Å². The quantitative estimate of drug-likeness (QED) is 0.404. The fourth-order valence-corrected chi connectivity index (χ4v) is 5.11. The first-order chi connectivity index (χ1) is 13.5. The van der Waals surface area contributed by atoms with Gasteiger partial charge < -0.3 is 0 Å². The van der Waals surface area contributed by atoms with E-state index in [0.29, 0.717) is 11.0 Å². The Labute approximate surface area is 173 Å². The average molecular weight is 407 g/mol. The van der Waals surface area contributed by atoms with Crippen LogP contribution in [0.2, 0.25) is 0 Å². The van der Waals surface area contributed by atoms with Crippen molar-refractivity contribution in [1.29, 1.82) is 0 Å². The Morgan fingerprint density at radius 3 is 2.57 bits per heavy atom. The van der Waals surface area contributed by atoms with Crippen LogP contribution in [0.3, 0.4) is 0 Å². The summed E-state index contributed by atoms with van der Waals surface area (Å²) < 4.78 is 1.14. The molecule has 4 aromatic rings. The molecule has 0 fully saturated rings. The Balaban J connectivity index is 1.68. The van der Waals surface area contributed by atoms with Crippen molar-refractivity contribution >= 4 is 43.8 Å². The highest BCUT2D eigenvalue weighted by Gasteiger charge is 2.20. The van der Waals surface area contributed by atoms with E-state index in [4.69, 9.17) is 0 Å². The molecule has 0 aliphatic rings. The number of thiophene rings is 1. The van der Waals surface area contributed by atoms with Crippen LogP contribution < -0.4 is 5.32 Å². The number of aromatic nitrogens is 1. The van der Waals surface area contributed by atoms with Crippen molar-refractivity contribution in [2.75, 3.05) is 5.32 Å². The zero-order valence-electron chi connectivity index (χ0n) is 16.2. The van der Waals surface area contributed by atoms with Gasteiger partial charge in [-0.25, -0.2) is 4.98 Å². The molecule has 0 aliphatic heterocycles. The van der Waals surface area contributed by atoms with E-state index in [1.807, 2.05) is 17.5 Å². The maximum absolute atomic E-state index is 13.1. The molecule has 0 aliphatic carbocycles. The Hall–Kier alpha value is -2.50. The molecular weight excluding hydrogens is 384 g/mol. The number of hydrogen-bond acceptors (Lipinski definition) is 4. The fourth-order valence-electron chi connectivity index (χ4n) is 3.13. The van der Waals surface area contributed by atoms with Crippen LogP contribution in [-0.4, -0.2) is 10.9 Å². The molecular formula is C23H22N2OS2. The topological polar surface area (TPSA) is 42.0 Å². The van der Waals surface area contributed by atoms with Crippen LogP contribution in [0.1, 0.15) is 51.8 Å². The first kappa shape index (κ1) is 18.8. The summed E-state index contributed by atoms with van der Waals surface area (Å²) in [5, 5.41) is 6.83. The number of amides is 1. The lowest BCUT2D eigenvalue weighted by Gasteiger charge is -2.06. The first-order valence-electron chi connectivity index (χ1n) is 9.34. The van der Waals surface area contributed by atoms with Crippen molar-refractivity contribution < 1.29 is 4.79 Å². The molecule has 0 spiro atoms. The van der Waals surface area contributed by atoms with E-state index in [2.05, 4.69) is 67.5 Å². The third-order valence-corrected chi connectivity index (χ3v) is 6.73. The number of anilines is 1. The summed E-state index contributed by atoms with van der Waals surface area (Å²) in [7, 11) is 0. The summed E-state index contributed by atoms with van der Waals surface area (Å²) >= 11 is 3.03. The largest absolute Gasteiger partial charge is 0.297 e. The molecule has 2 aromatic heterocycles. The minimum Gasteiger partial charge on any atom is -0.297 e. The van der Waals surface area contributed by atoms with Crippen LogP contribution >= 0.6 is 22.7 Å². The summed E-state index contributed by atoms with van der Waals surface area (Å²) in [5.41, 5.74) is 4.54. The van der Waals surface area contributed by atoms with E-state index >= 15 is 0 Å². The summed E-state index contributed by atoms with van der Waals surface area (Å²) in [6.45, 7) is 6.29. The predicted octanol–water partition coefficient (Wildman–Crippen LogP) is 6.63. The minimum absolute atomic E-state index is 0.0760. The molecule has 1 amide bonds. The van der Waals surface area contributed by atoms with Crippen LogP contribution in [-0.2, 0) is 6.42 Å². The molecule has 142 valence electrons. The molecule has 1 N–H and O–H groups in total. The molecule has 28 heavy (non-hydrogen) atoms. The van der Waals surface area contributed by atoms with Gasteiger partial charge in [0.15, 0.2) is 5.13 Å². The van der Waals surface area contributed by atoms with Crippen LogP contribution in [0.5, 0.6) is 0 Å². The van der Waals surface area contributed by atoms with E-state index in [9.17, 15) is 4.79 Å². The molecule has 0 unspecified atom stereocenters. The van der Waals surface area contributed by atoms with Gasteiger partial charge in [0.2, 0.25) is 0 Å². The Kier molecular flexibility index (Phi) is 5.29. The predicted molar refractivity (Wildman–Crippen MR) is 120 cm³/mol. The second-order valence-corrected chi connectivity index (χ2v) is 9.16. The second-order valence-electron chi connectivity index (χ2n) is 7.25. The van der Waals surface area contributed by atoms with E-state index in [0.717, 1.165) is 32.6 Å². The number of fused-ring (bicyclic) bond motifs is 1. The smallest absolute Gasteiger partial charge is 0.267 e. The summed E-state index contributed by atoms with van der Waals surface area (Å²) in [6, 6.07) is 16.7. The molecule has 0 atom stereocenters. The lowest BCUT2D eigenvalue weighted by atomic mass is 10.0. The number of nitrogens with zero attached hydrogens (tertiary/aromatic N) is 1. The van der Waals surface area contributed by atoms with Gasteiger partial charge in [-0.3, -0.25) is 10.1 Å². The molecule has 0 radical (unpaired) electrons. The van der Waals surface area contributed by atoms with Gasteiger partial charge in [0.25, 0.3) is 5.91 Å². The van der Waals surface area contributed by atoms with E-state index in [-0.39, 0.29) is 5.91 Å². The van der Waals surface area contributed by atoms with Crippen LogP contribution in [0.25, 0.3) is 10.1 Å². The maximum atomic E-state index is 13.1. The van der Waals surface area contributed by atoms with Crippen molar-refractivity contribution in [3.8, 4) is 0 Å². The lowest BCUT2D eigenvalue weighted by molar-refractivity contribution is 0.103. The van der Waals surface area contributed by atoms with E-state index in [1.54, 1.807) is 11.3 Å². The number of rotatable bonds is 5. The Bertz CT molecular complexity index is 1120. The number of aryl methyl sites for hydroxylation is 1. The molecule has 0 saturated heterocycles. The average Bonchev–Trinajstić information content (AvgIpc) is 3.29. The van der Waals surface area contributed by atoms with Gasteiger partial charge in [0.1, 0.15) is 0 Å². The molecule has 2 heterocycles. The van der Waals surface area contributed by atoms with Crippen LogP contribution in [0.15, 0.2) is 53.9 Å². The normalized spacial score (nSPS) is 11.3. The van der Waals surface area contributed by atoms with Gasteiger partial charge in [0, 0.05) is 10.1 Å². The standard InChI is InChI=1S/C23H22N2OS2/c1-14(2)19-13-27-23(24-19)25-22(26)21-18(12-16-10-8-15(3)9-11-16)17-6-4-5-7-20(17)28-21/h4-11,13-14H,12H2,1-3H3,(H,24,25,26). The van der Waals surface area contributed by atoms with Gasteiger partial charge in [-0.15, -0.1) is 22.7 Å². The second kappa shape index (κ2) is 7.86. The Morgan fingerprint density at radius 2 is 1.86 bits per heavy atom. The zero-order chi connectivity index (χ0) is 19.7. The van der Waals surface area contributed by atoms with Crippen molar-refractivity contribution in [2.24, 2.45) is 0 Å². The van der Waals surface area contributed by atoms with E-state index < -0.39 is 0 Å². The highest BCUT2D eigenvalue weighted by molar-refractivity contribution is 7.21. The van der Waals surface area contributed by atoms with Crippen molar-refractivity contribution in [3.05, 3.63) is 81.2 Å². The zero-order valence-corrected chi connectivity index (χ0v) is 17.8. The Morgan fingerprint density at radius 1 is 1.11 bits per heavy atom. The maximum Gasteiger partial charge on any atom is 0.267 e. The number of nitrogens with one attached hydrogen (secondary N) is 1. The SMILES string of the molecule is Cc1ccc(Cc2c(C(=O)Nc3nc(C(C)C)cs3)sc3ccccc23)cc1. The summed E-state index contributed by atoms with van der Waals surface area (Å²) in [5.74, 6) is 0.274. The van der Waals surface area contributed by atoms with Gasteiger partial charge in [0.05, 0.1) is 10.6 Å². The summed E-state index contributed by atoms with van der Waals surface area (Å²) in [6.07, 6.45) is 0.738. The molecule has 5 heteroatoms. The van der Waals surface area contributed by atoms with Gasteiger partial charge >= 0.3 is 0 Å².